The van der Waals surface area contributed by atoms with E-state index < -0.39 is 0 Å². The van der Waals surface area contributed by atoms with Gasteiger partial charge >= 0.3 is 0 Å². The van der Waals surface area contributed by atoms with Crippen LogP contribution >= 0.6 is 0 Å². The fourth-order valence-electron chi connectivity index (χ4n) is 2.11. The molecule has 0 aromatic carbocycles. The number of aromatic nitrogens is 1. The lowest BCUT2D eigenvalue weighted by Gasteiger charge is -2.29. The monoisotopic (exact) mass is 234 g/mol. The van der Waals surface area contributed by atoms with Gasteiger partial charge in [0.25, 0.3) is 0 Å². The van der Waals surface area contributed by atoms with Crippen molar-refractivity contribution in [1.29, 1.82) is 0 Å². The van der Waals surface area contributed by atoms with Crippen LogP contribution in [0.2, 0.25) is 0 Å². The second kappa shape index (κ2) is 5.50. The van der Waals surface area contributed by atoms with Crippen molar-refractivity contribution in [3.05, 3.63) is 24.0 Å². The average Bonchev–Trinajstić information content (AvgIpc) is 2.32. The van der Waals surface area contributed by atoms with Gasteiger partial charge in [-0.25, -0.2) is 0 Å². The van der Waals surface area contributed by atoms with Gasteiger partial charge in [-0.2, -0.15) is 0 Å². The van der Waals surface area contributed by atoms with Gasteiger partial charge in [-0.1, -0.05) is 13.8 Å². The van der Waals surface area contributed by atoms with Crippen molar-refractivity contribution in [2.45, 2.75) is 38.7 Å². The predicted octanol–water partition coefficient (Wildman–Crippen LogP) is 2.68. The summed E-state index contributed by atoms with van der Waals surface area (Å²) < 4.78 is 6.01. The summed E-state index contributed by atoms with van der Waals surface area (Å²) >= 11 is 0. The molecule has 0 radical (unpaired) electrons. The summed E-state index contributed by atoms with van der Waals surface area (Å²) in [4.78, 5) is 6.60. The van der Waals surface area contributed by atoms with E-state index in [4.69, 9.17) is 4.74 Å². The molecule has 2 heterocycles. The molecule has 94 valence electrons. The third-order valence-corrected chi connectivity index (χ3v) is 3.37. The first-order valence-electron chi connectivity index (χ1n) is 6.45. The van der Waals surface area contributed by atoms with Crippen LogP contribution in [0.3, 0.4) is 0 Å². The normalized spacial score (nSPS) is 18.6. The van der Waals surface area contributed by atoms with Gasteiger partial charge in [0.05, 0.1) is 6.20 Å². The van der Waals surface area contributed by atoms with Gasteiger partial charge in [0, 0.05) is 19.3 Å². The largest absolute Gasteiger partial charge is 0.489 e. The Labute approximate surface area is 104 Å². The molecule has 0 unspecified atom stereocenters. The quantitative estimate of drug-likeness (QED) is 0.804. The van der Waals surface area contributed by atoms with Gasteiger partial charge in [-0.15, -0.1) is 0 Å². The lowest BCUT2D eigenvalue weighted by atomic mass is 10.1. The molecule has 3 heteroatoms. The molecule has 1 aliphatic rings. The van der Waals surface area contributed by atoms with Crippen LogP contribution in [0.5, 0.6) is 5.75 Å². The SMILES string of the molecule is CC(C)c1cncc(OC2CCN(C)CC2)c1. The van der Waals surface area contributed by atoms with E-state index in [0.29, 0.717) is 12.0 Å². The minimum absolute atomic E-state index is 0.357. The zero-order chi connectivity index (χ0) is 12.3. The van der Waals surface area contributed by atoms with Crippen molar-refractivity contribution in [2.24, 2.45) is 0 Å². The molecule has 0 N–H and O–H groups in total. The first-order chi connectivity index (χ1) is 8.15. The Morgan fingerprint density at radius 2 is 2.00 bits per heavy atom. The molecule has 0 amide bonds. The maximum atomic E-state index is 6.01. The van der Waals surface area contributed by atoms with E-state index in [1.54, 1.807) is 0 Å². The molecule has 2 rings (SSSR count). The van der Waals surface area contributed by atoms with Gasteiger partial charge in [-0.05, 0) is 37.4 Å². The standard InChI is InChI=1S/C14H22N2O/c1-11(2)12-8-14(10-15-9-12)17-13-4-6-16(3)7-5-13/h8-11,13H,4-7H2,1-3H3. The van der Waals surface area contributed by atoms with Crippen LogP contribution in [0.1, 0.15) is 38.2 Å². The molecular formula is C14H22N2O. The molecule has 1 aromatic rings. The third kappa shape index (κ3) is 3.43. The van der Waals surface area contributed by atoms with E-state index in [2.05, 4.69) is 36.8 Å². The van der Waals surface area contributed by atoms with Crippen LogP contribution in [-0.4, -0.2) is 36.1 Å². The van der Waals surface area contributed by atoms with Crippen LogP contribution in [0, 0.1) is 0 Å². The van der Waals surface area contributed by atoms with Gasteiger partial charge in [-0.3, -0.25) is 4.98 Å². The molecule has 0 saturated carbocycles. The number of likely N-dealkylation sites (tertiary alicyclic amines) is 1. The third-order valence-electron chi connectivity index (χ3n) is 3.37. The van der Waals surface area contributed by atoms with E-state index in [0.717, 1.165) is 31.7 Å². The smallest absolute Gasteiger partial charge is 0.138 e. The fraction of sp³-hybridized carbons (Fsp3) is 0.643. The lowest BCUT2D eigenvalue weighted by Crippen LogP contribution is -2.35. The van der Waals surface area contributed by atoms with Crippen molar-refractivity contribution >= 4 is 0 Å². The zero-order valence-electron chi connectivity index (χ0n) is 11.0. The summed E-state index contributed by atoms with van der Waals surface area (Å²) in [6.45, 7) is 6.61. The number of ether oxygens (including phenoxy) is 1. The number of rotatable bonds is 3. The van der Waals surface area contributed by atoms with E-state index in [9.17, 15) is 0 Å². The van der Waals surface area contributed by atoms with Gasteiger partial charge in [0.2, 0.25) is 0 Å². The van der Waals surface area contributed by atoms with Crippen molar-refractivity contribution in [3.63, 3.8) is 0 Å². The number of hydrogen-bond acceptors (Lipinski definition) is 3. The maximum Gasteiger partial charge on any atom is 0.138 e. The first kappa shape index (κ1) is 12.4. The van der Waals surface area contributed by atoms with Crippen molar-refractivity contribution in [3.8, 4) is 5.75 Å². The topological polar surface area (TPSA) is 25.4 Å². The summed E-state index contributed by atoms with van der Waals surface area (Å²) in [6.07, 6.45) is 6.33. The molecule has 1 aromatic heterocycles. The fourth-order valence-corrected chi connectivity index (χ4v) is 2.11. The molecule has 3 nitrogen and oxygen atoms in total. The van der Waals surface area contributed by atoms with Crippen LogP contribution in [0.4, 0.5) is 0 Å². The Morgan fingerprint density at radius 1 is 1.29 bits per heavy atom. The van der Waals surface area contributed by atoms with Gasteiger partial charge in [0.1, 0.15) is 11.9 Å². The Bertz CT molecular complexity index is 357. The molecule has 0 bridgehead atoms. The number of pyridine rings is 1. The summed E-state index contributed by atoms with van der Waals surface area (Å²) in [5.74, 6) is 1.43. The Morgan fingerprint density at radius 3 is 2.65 bits per heavy atom. The molecule has 1 fully saturated rings. The van der Waals surface area contributed by atoms with Crippen LogP contribution in [0.25, 0.3) is 0 Å². The second-order valence-corrected chi connectivity index (χ2v) is 5.23. The van der Waals surface area contributed by atoms with E-state index in [1.165, 1.54) is 5.56 Å². The van der Waals surface area contributed by atoms with Crippen LogP contribution in [0.15, 0.2) is 18.5 Å². The highest BCUT2D eigenvalue weighted by Gasteiger charge is 2.18. The predicted molar refractivity (Wildman–Crippen MR) is 69.5 cm³/mol. The number of hydrogen-bond donors (Lipinski definition) is 0. The number of piperidine rings is 1. The Hall–Kier alpha value is -1.09. The van der Waals surface area contributed by atoms with E-state index in [-0.39, 0.29) is 0 Å². The van der Waals surface area contributed by atoms with Crippen LogP contribution in [-0.2, 0) is 0 Å². The maximum absolute atomic E-state index is 6.01. The molecule has 0 aliphatic carbocycles. The van der Waals surface area contributed by atoms with Crippen molar-refractivity contribution in [1.82, 2.24) is 9.88 Å². The van der Waals surface area contributed by atoms with Crippen molar-refractivity contribution < 1.29 is 4.74 Å². The molecular weight excluding hydrogens is 212 g/mol. The summed E-state index contributed by atoms with van der Waals surface area (Å²) in [5.41, 5.74) is 1.25. The molecule has 1 aliphatic heterocycles. The minimum Gasteiger partial charge on any atom is -0.489 e. The summed E-state index contributed by atoms with van der Waals surface area (Å²) in [6, 6.07) is 2.12. The number of nitrogens with zero attached hydrogens (tertiary/aromatic N) is 2. The summed E-state index contributed by atoms with van der Waals surface area (Å²) in [7, 11) is 2.16. The second-order valence-electron chi connectivity index (χ2n) is 5.23. The zero-order valence-corrected chi connectivity index (χ0v) is 11.0. The highest BCUT2D eigenvalue weighted by Crippen LogP contribution is 2.22. The highest BCUT2D eigenvalue weighted by molar-refractivity contribution is 5.25. The van der Waals surface area contributed by atoms with E-state index >= 15 is 0 Å². The molecule has 0 atom stereocenters. The highest BCUT2D eigenvalue weighted by atomic mass is 16.5. The summed E-state index contributed by atoms with van der Waals surface area (Å²) in [5, 5.41) is 0. The Balaban J connectivity index is 1.96. The first-order valence-corrected chi connectivity index (χ1v) is 6.45. The van der Waals surface area contributed by atoms with E-state index in [1.807, 2.05) is 12.4 Å². The lowest BCUT2D eigenvalue weighted by molar-refractivity contribution is 0.114. The van der Waals surface area contributed by atoms with Crippen LogP contribution < -0.4 is 4.74 Å². The Kier molecular flexibility index (Phi) is 4.00. The van der Waals surface area contributed by atoms with Gasteiger partial charge < -0.3 is 9.64 Å². The minimum atomic E-state index is 0.357. The van der Waals surface area contributed by atoms with Gasteiger partial charge in [0.15, 0.2) is 0 Å². The molecule has 0 spiro atoms. The average molecular weight is 234 g/mol. The molecule has 1 saturated heterocycles. The molecule has 17 heavy (non-hydrogen) atoms. The van der Waals surface area contributed by atoms with Crippen molar-refractivity contribution in [2.75, 3.05) is 20.1 Å².